The van der Waals surface area contributed by atoms with Crippen LogP contribution in [0, 0.1) is 19.7 Å². The molecule has 0 unspecified atom stereocenters. The molecule has 1 amide bonds. The summed E-state index contributed by atoms with van der Waals surface area (Å²) in [6.45, 7) is 4.92. The third-order valence-electron chi connectivity index (χ3n) is 4.77. The van der Waals surface area contributed by atoms with Gasteiger partial charge in [-0.05, 0) is 55.3 Å². The number of benzene rings is 2. The van der Waals surface area contributed by atoms with Crippen LogP contribution in [-0.4, -0.2) is 36.1 Å². The molecule has 4 nitrogen and oxygen atoms in total. The van der Waals surface area contributed by atoms with E-state index in [1.54, 1.807) is 19.2 Å². The first kappa shape index (κ1) is 20.2. The smallest absolute Gasteiger partial charge is 0.257 e. The summed E-state index contributed by atoms with van der Waals surface area (Å²) >= 11 is 6.40. The highest BCUT2D eigenvalue weighted by atomic mass is 35.5. The van der Waals surface area contributed by atoms with Crippen molar-refractivity contribution < 1.29 is 13.9 Å². The van der Waals surface area contributed by atoms with Crippen molar-refractivity contribution in [2.75, 3.05) is 20.3 Å². The monoisotopic (exact) mass is 400 g/mol. The number of halogens is 2. The Balaban J connectivity index is 1.96. The Morgan fingerprint density at radius 1 is 1.18 bits per heavy atom. The van der Waals surface area contributed by atoms with Gasteiger partial charge < -0.3 is 9.64 Å². The molecule has 0 fully saturated rings. The lowest BCUT2D eigenvalue weighted by Crippen LogP contribution is -2.34. The molecule has 1 aromatic heterocycles. The number of rotatable bonds is 6. The average molecular weight is 401 g/mol. The number of methoxy groups -OCH3 is 1. The van der Waals surface area contributed by atoms with Crippen LogP contribution in [0.1, 0.15) is 27.0 Å². The van der Waals surface area contributed by atoms with Gasteiger partial charge in [0.2, 0.25) is 0 Å². The van der Waals surface area contributed by atoms with Crippen molar-refractivity contribution in [3.8, 4) is 0 Å². The lowest BCUT2D eigenvalue weighted by Gasteiger charge is -2.23. The SMILES string of the molecule is COCCN(Cc1cc2cc(C)c(C)cc2nc1Cl)C(=O)c1ccccc1F. The molecule has 0 saturated heterocycles. The Kier molecular flexibility index (Phi) is 6.27. The predicted octanol–water partition coefficient (Wildman–Crippen LogP) is 4.93. The first-order valence-electron chi connectivity index (χ1n) is 9.00. The molecule has 0 saturated carbocycles. The molecular weight excluding hydrogens is 379 g/mol. The topological polar surface area (TPSA) is 42.4 Å². The first-order chi connectivity index (χ1) is 13.4. The zero-order valence-corrected chi connectivity index (χ0v) is 16.9. The normalized spacial score (nSPS) is 11.0. The number of hydrogen-bond acceptors (Lipinski definition) is 3. The van der Waals surface area contributed by atoms with Crippen molar-refractivity contribution >= 4 is 28.4 Å². The molecule has 0 atom stereocenters. The molecule has 0 aliphatic carbocycles. The number of hydrogen-bond donors (Lipinski definition) is 0. The second kappa shape index (κ2) is 8.67. The summed E-state index contributed by atoms with van der Waals surface area (Å²) in [6, 6.07) is 11.9. The maximum absolute atomic E-state index is 14.1. The quantitative estimate of drug-likeness (QED) is 0.551. The number of fused-ring (bicyclic) bond motifs is 1. The minimum absolute atomic E-state index is 0.0231. The number of amides is 1. The summed E-state index contributed by atoms with van der Waals surface area (Å²) in [7, 11) is 1.56. The van der Waals surface area contributed by atoms with Crippen LogP contribution in [0.15, 0.2) is 42.5 Å². The fraction of sp³-hybridized carbons (Fsp3) is 0.273. The van der Waals surface area contributed by atoms with E-state index < -0.39 is 11.7 Å². The van der Waals surface area contributed by atoms with Crippen molar-refractivity contribution in [3.63, 3.8) is 0 Å². The van der Waals surface area contributed by atoms with E-state index in [1.807, 2.05) is 26.0 Å². The van der Waals surface area contributed by atoms with Gasteiger partial charge in [0.05, 0.1) is 17.7 Å². The Hall–Kier alpha value is -2.50. The number of carbonyl (C=O) groups is 1. The van der Waals surface area contributed by atoms with E-state index >= 15 is 0 Å². The predicted molar refractivity (Wildman–Crippen MR) is 109 cm³/mol. The highest BCUT2D eigenvalue weighted by molar-refractivity contribution is 6.30. The summed E-state index contributed by atoms with van der Waals surface area (Å²) in [4.78, 5) is 18.9. The van der Waals surface area contributed by atoms with Gasteiger partial charge in [-0.3, -0.25) is 4.79 Å². The number of aryl methyl sites for hydroxylation is 2. The molecule has 0 N–H and O–H groups in total. The Morgan fingerprint density at radius 2 is 1.89 bits per heavy atom. The van der Waals surface area contributed by atoms with Gasteiger partial charge in [-0.25, -0.2) is 9.37 Å². The van der Waals surface area contributed by atoms with E-state index in [-0.39, 0.29) is 12.1 Å². The lowest BCUT2D eigenvalue weighted by molar-refractivity contribution is 0.0676. The van der Waals surface area contributed by atoms with E-state index in [2.05, 4.69) is 11.1 Å². The van der Waals surface area contributed by atoms with E-state index in [9.17, 15) is 9.18 Å². The van der Waals surface area contributed by atoms with Gasteiger partial charge in [0, 0.05) is 31.1 Å². The van der Waals surface area contributed by atoms with E-state index in [1.165, 1.54) is 17.0 Å². The number of nitrogens with zero attached hydrogens (tertiary/aromatic N) is 2. The number of aromatic nitrogens is 1. The van der Waals surface area contributed by atoms with Crippen LogP contribution in [0.25, 0.3) is 10.9 Å². The largest absolute Gasteiger partial charge is 0.383 e. The van der Waals surface area contributed by atoms with Gasteiger partial charge in [-0.15, -0.1) is 0 Å². The second-order valence-electron chi connectivity index (χ2n) is 6.77. The lowest BCUT2D eigenvalue weighted by atomic mass is 10.0. The van der Waals surface area contributed by atoms with Crippen LogP contribution in [0.2, 0.25) is 5.15 Å². The van der Waals surface area contributed by atoms with Gasteiger partial charge >= 0.3 is 0 Å². The maximum Gasteiger partial charge on any atom is 0.257 e. The standard InChI is InChI=1S/C22H22ClFN2O2/c1-14-10-16-12-17(21(23)25-20(16)11-15(14)2)13-26(8-9-28-3)22(27)18-6-4-5-7-19(18)24/h4-7,10-12H,8-9,13H2,1-3H3. The van der Waals surface area contributed by atoms with Gasteiger partial charge in [0.1, 0.15) is 11.0 Å². The molecule has 6 heteroatoms. The maximum atomic E-state index is 14.1. The van der Waals surface area contributed by atoms with Crippen LogP contribution in [0.5, 0.6) is 0 Å². The fourth-order valence-electron chi connectivity index (χ4n) is 3.04. The molecule has 3 rings (SSSR count). The van der Waals surface area contributed by atoms with E-state index in [4.69, 9.17) is 16.3 Å². The number of carbonyl (C=O) groups excluding carboxylic acids is 1. The van der Waals surface area contributed by atoms with Crippen LogP contribution in [0.4, 0.5) is 4.39 Å². The second-order valence-corrected chi connectivity index (χ2v) is 7.12. The molecule has 0 bridgehead atoms. The molecule has 1 heterocycles. The Bertz CT molecular complexity index is 1020. The van der Waals surface area contributed by atoms with Crippen LogP contribution in [-0.2, 0) is 11.3 Å². The zero-order valence-electron chi connectivity index (χ0n) is 16.1. The van der Waals surface area contributed by atoms with Crippen molar-refractivity contribution in [1.82, 2.24) is 9.88 Å². The molecule has 2 aromatic carbocycles. The van der Waals surface area contributed by atoms with Crippen molar-refractivity contribution in [3.05, 3.63) is 75.7 Å². The van der Waals surface area contributed by atoms with Gasteiger partial charge in [0.25, 0.3) is 5.91 Å². The van der Waals surface area contributed by atoms with Crippen LogP contribution in [0.3, 0.4) is 0 Å². The summed E-state index contributed by atoms with van der Waals surface area (Å²) in [5.74, 6) is -0.963. The fourth-order valence-corrected chi connectivity index (χ4v) is 3.24. The highest BCUT2D eigenvalue weighted by Gasteiger charge is 2.20. The van der Waals surface area contributed by atoms with Gasteiger partial charge in [-0.1, -0.05) is 23.7 Å². The van der Waals surface area contributed by atoms with E-state index in [0.717, 1.165) is 22.0 Å². The number of ether oxygens (including phenoxy) is 1. The van der Waals surface area contributed by atoms with Crippen molar-refractivity contribution in [2.45, 2.75) is 20.4 Å². The minimum atomic E-state index is -0.552. The third-order valence-corrected chi connectivity index (χ3v) is 5.10. The molecule has 28 heavy (non-hydrogen) atoms. The van der Waals surface area contributed by atoms with Gasteiger partial charge in [-0.2, -0.15) is 0 Å². The van der Waals surface area contributed by atoms with Crippen LogP contribution >= 0.6 is 11.6 Å². The summed E-state index contributed by atoms with van der Waals surface area (Å²) in [6.07, 6.45) is 0. The molecule has 0 aliphatic heterocycles. The molecule has 0 spiro atoms. The van der Waals surface area contributed by atoms with Crippen LogP contribution < -0.4 is 0 Å². The van der Waals surface area contributed by atoms with Gasteiger partial charge in [0.15, 0.2) is 0 Å². The minimum Gasteiger partial charge on any atom is -0.383 e. The summed E-state index contributed by atoms with van der Waals surface area (Å²) in [5, 5.41) is 1.28. The summed E-state index contributed by atoms with van der Waals surface area (Å²) in [5.41, 5.74) is 3.83. The molecule has 3 aromatic rings. The van der Waals surface area contributed by atoms with E-state index in [0.29, 0.717) is 23.9 Å². The summed E-state index contributed by atoms with van der Waals surface area (Å²) < 4.78 is 19.2. The average Bonchev–Trinajstić information content (AvgIpc) is 2.67. The molecule has 146 valence electrons. The zero-order chi connectivity index (χ0) is 20.3. The Morgan fingerprint density at radius 3 is 2.61 bits per heavy atom. The van der Waals surface area contributed by atoms with Crippen molar-refractivity contribution in [1.29, 1.82) is 0 Å². The highest BCUT2D eigenvalue weighted by Crippen LogP contribution is 2.25. The molecular formula is C22H22ClFN2O2. The first-order valence-corrected chi connectivity index (χ1v) is 9.37. The Labute approximate surface area is 168 Å². The van der Waals surface area contributed by atoms with Crippen molar-refractivity contribution in [2.24, 2.45) is 0 Å². The molecule has 0 aliphatic rings. The third kappa shape index (κ3) is 4.32. The molecule has 0 radical (unpaired) electrons. The number of pyridine rings is 1.